The number of thiazole rings is 1. The van der Waals surface area contributed by atoms with Crippen LogP contribution in [0.3, 0.4) is 0 Å². The summed E-state index contributed by atoms with van der Waals surface area (Å²) in [6.45, 7) is 4.36. The smallest absolute Gasteiger partial charge is 0.213 e. The summed E-state index contributed by atoms with van der Waals surface area (Å²) < 4.78 is 30.5. The standard InChI is InChI=1S/C17H21N3O3S2/c1-13-15(24-12-19-13)8-20-10-17(11-20)14(5-7-25(17,21)22)9-23-16-4-2-3-6-18-16/h2-4,6,12,14H,5,7-11H2,1H3/t14-/m0/s1. The average molecular weight is 380 g/mol. The Morgan fingerprint density at radius 3 is 2.88 bits per heavy atom. The summed E-state index contributed by atoms with van der Waals surface area (Å²) in [5, 5.41) is 0. The molecule has 0 unspecified atom stereocenters. The molecule has 2 saturated heterocycles. The van der Waals surface area contributed by atoms with Crippen molar-refractivity contribution in [2.24, 2.45) is 5.92 Å². The van der Waals surface area contributed by atoms with Crippen LogP contribution >= 0.6 is 11.3 Å². The van der Waals surface area contributed by atoms with Crippen LogP contribution in [-0.4, -0.2) is 53.5 Å². The minimum Gasteiger partial charge on any atom is -0.477 e. The molecule has 134 valence electrons. The summed E-state index contributed by atoms with van der Waals surface area (Å²) in [5.41, 5.74) is 2.88. The molecular weight excluding hydrogens is 358 g/mol. The Balaban J connectivity index is 1.44. The lowest BCUT2D eigenvalue weighted by Gasteiger charge is -2.49. The van der Waals surface area contributed by atoms with Crippen molar-refractivity contribution < 1.29 is 13.2 Å². The number of aromatic nitrogens is 2. The number of rotatable bonds is 5. The predicted octanol–water partition coefficient (Wildman–Crippen LogP) is 1.91. The molecule has 0 saturated carbocycles. The predicted molar refractivity (Wildman–Crippen MR) is 96.5 cm³/mol. The summed E-state index contributed by atoms with van der Waals surface area (Å²) >= 11 is 1.63. The van der Waals surface area contributed by atoms with Crippen molar-refractivity contribution in [3.63, 3.8) is 0 Å². The molecule has 6 nitrogen and oxygen atoms in total. The normalized spacial score (nSPS) is 24.3. The van der Waals surface area contributed by atoms with Crippen molar-refractivity contribution in [1.29, 1.82) is 0 Å². The molecule has 0 bridgehead atoms. The van der Waals surface area contributed by atoms with Crippen LogP contribution in [0.1, 0.15) is 17.0 Å². The molecule has 4 rings (SSSR count). The molecule has 2 aromatic heterocycles. The number of ether oxygens (including phenoxy) is 1. The highest BCUT2D eigenvalue weighted by Gasteiger charge is 2.61. The molecule has 25 heavy (non-hydrogen) atoms. The van der Waals surface area contributed by atoms with E-state index in [1.54, 1.807) is 23.6 Å². The maximum absolute atomic E-state index is 12.7. The highest BCUT2D eigenvalue weighted by atomic mass is 32.2. The zero-order chi connectivity index (χ0) is 17.5. The van der Waals surface area contributed by atoms with Gasteiger partial charge in [-0.05, 0) is 19.4 Å². The Bertz CT molecular complexity index is 845. The zero-order valence-electron chi connectivity index (χ0n) is 14.1. The quantitative estimate of drug-likeness (QED) is 0.790. The summed E-state index contributed by atoms with van der Waals surface area (Å²) in [6.07, 6.45) is 2.35. The first kappa shape index (κ1) is 16.9. The van der Waals surface area contributed by atoms with E-state index in [-0.39, 0.29) is 11.7 Å². The lowest BCUT2D eigenvalue weighted by atomic mass is 9.83. The van der Waals surface area contributed by atoms with E-state index in [0.29, 0.717) is 32.0 Å². The van der Waals surface area contributed by atoms with Crippen molar-refractivity contribution in [2.75, 3.05) is 25.4 Å². The Hall–Kier alpha value is -1.51. The fraction of sp³-hybridized carbons (Fsp3) is 0.529. The van der Waals surface area contributed by atoms with Gasteiger partial charge in [-0.25, -0.2) is 18.4 Å². The molecule has 2 aliphatic heterocycles. The molecule has 1 spiro atoms. The summed E-state index contributed by atoms with van der Waals surface area (Å²) in [5.74, 6) is 0.841. The largest absolute Gasteiger partial charge is 0.477 e. The lowest BCUT2D eigenvalue weighted by molar-refractivity contribution is 0.0587. The van der Waals surface area contributed by atoms with Gasteiger partial charge in [0.25, 0.3) is 0 Å². The van der Waals surface area contributed by atoms with Crippen LogP contribution in [0.4, 0.5) is 0 Å². The lowest BCUT2D eigenvalue weighted by Crippen LogP contribution is -2.67. The van der Waals surface area contributed by atoms with Gasteiger partial charge in [0, 0.05) is 42.7 Å². The second kappa shape index (κ2) is 6.34. The van der Waals surface area contributed by atoms with Gasteiger partial charge in [0.1, 0.15) is 4.75 Å². The van der Waals surface area contributed by atoms with E-state index in [9.17, 15) is 8.42 Å². The van der Waals surface area contributed by atoms with E-state index >= 15 is 0 Å². The van der Waals surface area contributed by atoms with Crippen molar-refractivity contribution in [2.45, 2.75) is 24.6 Å². The number of sulfone groups is 1. The molecule has 0 N–H and O–H groups in total. The van der Waals surface area contributed by atoms with Crippen LogP contribution in [0.2, 0.25) is 0 Å². The van der Waals surface area contributed by atoms with Gasteiger partial charge in [-0.3, -0.25) is 4.90 Å². The van der Waals surface area contributed by atoms with Crippen LogP contribution in [0.25, 0.3) is 0 Å². The van der Waals surface area contributed by atoms with Crippen molar-refractivity contribution in [1.82, 2.24) is 14.9 Å². The van der Waals surface area contributed by atoms with Gasteiger partial charge in [0.05, 0.1) is 23.6 Å². The molecule has 2 aliphatic rings. The van der Waals surface area contributed by atoms with E-state index < -0.39 is 14.6 Å². The van der Waals surface area contributed by atoms with E-state index in [0.717, 1.165) is 12.2 Å². The fourth-order valence-corrected chi connectivity index (χ4v) is 7.10. The molecule has 0 aromatic carbocycles. The summed E-state index contributed by atoms with van der Waals surface area (Å²) in [6, 6.07) is 5.50. The Morgan fingerprint density at radius 2 is 2.20 bits per heavy atom. The molecule has 2 aromatic rings. The third-order valence-electron chi connectivity index (χ3n) is 5.36. The van der Waals surface area contributed by atoms with Crippen molar-refractivity contribution in [3.8, 4) is 5.88 Å². The maximum Gasteiger partial charge on any atom is 0.213 e. The van der Waals surface area contributed by atoms with E-state index in [1.165, 1.54) is 4.88 Å². The number of hydrogen-bond acceptors (Lipinski definition) is 7. The van der Waals surface area contributed by atoms with Gasteiger partial charge in [0.15, 0.2) is 9.84 Å². The monoisotopic (exact) mass is 379 g/mol. The summed E-state index contributed by atoms with van der Waals surface area (Å²) in [7, 11) is -3.08. The zero-order valence-corrected chi connectivity index (χ0v) is 15.7. The Morgan fingerprint density at radius 1 is 1.36 bits per heavy atom. The minimum atomic E-state index is -3.08. The van der Waals surface area contributed by atoms with Crippen LogP contribution in [0.15, 0.2) is 29.9 Å². The highest BCUT2D eigenvalue weighted by molar-refractivity contribution is 7.93. The maximum atomic E-state index is 12.7. The molecular formula is C17H21N3O3S2. The van der Waals surface area contributed by atoms with Crippen LogP contribution < -0.4 is 4.74 Å². The van der Waals surface area contributed by atoms with E-state index in [2.05, 4.69) is 14.9 Å². The molecule has 4 heterocycles. The number of pyridine rings is 1. The van der Waals surface area contributed by atoms with E-state index in [4.69, 9.17) is 4.74 Å². The van der Waals surface area contributed by atoms with Crippen molar-refractivity contribution >= 4 is 21.2 Å². The number of likely N-dealkylation sites (tertiary alicyclic amines) is 1. The van der Waals surface area contributed by atoms with Gasteiger partial charge < -0.3 is 4.74 Å². The first-order valence-corrected chi connectivity index (χ1v) is 10.9. The van der Waals surface area contributed by atoms with Gasteiger partial charge in [-0.1, -0.05) is 6.07 Å². The van der Waals surface area contributed by atoms with Crippen LogP contribution in [0, 0.1) is 12.8 Å². The number of nitrogens with zero attached hydrogens (tertiary/aromatic N) is 3. The summed E-state index contributed by atoms with van der Waals surface area (Å²) in [4.78, 5) is 11.8. The third-order valence-corrected chi connectivity index (χ3v) is 8.89. The molecule has 0 radical (unpaired) electrons. The molecule has 8 heteroatoms. The second-order valence-corrected chi connectivity index (χ2v) is 10.2. The van der Waals surface area contributed by atoms with E-state index in [1.807, 2.05) is 24.6 Å². The second-order valence-electron chi connectivity index (χ2n) is 6.85. The first-order chi connectivity index (χ1) is 12.0. The molecule has 0 aliphatic carbocycles. The van der Waals surface area contributed by atoms with Crippen LogP contribution in [0.5, 0.6) is 5.88 Å². The van der Waals surface area contributed by atoms with Crippen molar-refractivity contribution in [3.05, 3.63) is 40.5 Å². The Labute approximate surface area is 151 Å². The SMILES string of the molecule is Cc1ncsc1CN1CC2(C1)[C@H](COc1ccccn1)CCS2(=O)=O. The highest BCUT2D eigenvalue weighted by Crippen LogP contribution is 2.45. The minimum absolute atomic E-state index is 0.0262. The average Bonchev–Trinajstić information content (AvgIpc) is 3.08. The molecule has 2 fully saturated rings. The fourth-order valence-electron chi connectivity index (χ4n) is 3.83. The topological polar surface area (TPSA) is 72.4 Å². The van der Waals surface area contributed by atoms with Gasteiger partial charge in [-0.2, -0.15) is 0 Å². The Kier molecular flexibility index (Phi) is 4.29. The van der Waals surface area contributed by atoms with Gasteiger partial charge >= 0.3 is 0 Å². The molecule has 0 amide bonds. The third kappa shape index (κ3) is 2.96. The van der Waals surface area contributed by atoms with Gasteiger partial charge in [0.2, 0.25) is 5.88 Å². The molecule has 1 atom stereocenters. The number of aryl methyl sites for hydroxylation is 1. The number of hydrogen-bond donors (Lipinski definition) is 0. The first-order valence-electron chi connectivity index (χ1n) is 8.38. The van der Waals surface area contributed by atoms with Gasteiger partial charge in [-0.15, -0.1) is 11.3 Å². The van der Waals surface area contributed by atoms with Crippen LogP contribution in [-0.2, 0) is 16.4 Å².